The fraction of sp³-hybridized carbons (Fsp3) is 0.188. The molecule has 0 amide bonds. The van der Waals surface area contributed by atoms with Gasteiger partial charge in [0.25, 0.3) is 10.0 Å². The number of thiophene rings is 1. The molecule has 0 bridgehead atoms. The van der Waals surface area contributed by atoms with Crippen molar-refractivity contribution in [3.8, 4) is 22.1 Å². The summed E-state index contributed by atoms with van der Waals surface area (Å²) >= 11 is 0.757. The highest BCUT2D eigenvalue weighted by Crippen LogP contribution is 2.36. The van der Waals surface area contributed by atoms with Crippen molar-refractivity contribution < 1.29 is 35.6 Å². The van der Waals surface area contributed by atoms with Gasteiger partial charge in [-0.3, -0.25) is 4.72 Å². The van der Waals surface area contributed by atoms with E-state index in [-0.39, 0.29) is 20.5 Å². The van der Waals surface area contributed by atoms with Crippen LogP contribution < -0.4 is 14.2 Å². The third-order valence-electron chi connectivity index (χ3n) is 3.52. The lowest BCUT2D eigenvalue weighted by Crippen LogP contribution is -2.11. The van der Waals surface area contributed by atoms with E-state index in [2.05, 4.69) is 14.4 Å². The van der Waals surface area contributed by atoms with Crippen molar-refractivity contribution in [3.05, 3.63) is 42.2 Å². The van der Waals surface area contributed by atoms with Crippen LogP contribution in [0.25, 0.3) is 10.6 Å². The van der Waals surface area contributed by atoms with Gasteiger partial charge in [-0.2, -0.15) is 13.2 Å². The topological polar surface area (TPSA) is 90.7 Å². The Bertz CT molecular complexity index is 1090. The van der Waals surface area contributed by atoms with Gasteiger partial charge in [0.05, 0.1) is 24.8 Å². The Hall–Kier alpha value is -2.73. The summed E-state index contributed by atoms with van der Waals surface area (Å²) in [5.74, 6) is -0.504. The smallest absolute Gasteiger partial charge is 0.452 e. The summed E-state index contributed by atoms with van der Waals surface area (Å²) in [4.78, 5) is 0.215. The third-order valence-corrected chi connectivity index (χ3v) is 6.50. The monoisotopic (exact) mass is 434 g/mol. The van der Waals surface area contributed by atoms with E-state index in [9.17, 15) is 21.6 Å². The lowest BCUT2D eigenvalue weighted by Gasteiger charge is -2.11. The standard InChI is InChI=1S/C16H13F3N2O5S2/c1-24-11-4-3-9(7-12(11)25-2)21-28(22,23)15-6-5-13(27-15)10-8-14(26-20-10)16(17,18)19/h3-8,21H,1-2H3. The van der Waals surface area contributed by atoms with Gasteiger partial charge in [-0.05, 0) is 24.3 Å². The average molecular weight is 434 g/mol. The van der Waals surface area contributed by atoms with E-state index in [1.807, 2.05) is 0 Å². The minimum absolute atomic E-state index is 0.103. The number of sulfonamides is 1. The van der Waals surface area contributed by atoms with Gasteiger partial charge in [-0.15, -0.1) is 11.3 Å². The largest absolute Gasteiger partial charge is 0.493 e. The Kier molecular flexibility index (Phi) is 5.26. The zero-order chi connectivity index (χ0) is 20.5. The average Bonchev–Trinajstić information content (AvgIpc) is 3.30. The van der Waals surface area contributed by atoms with Gasteiger partial charge in [-0.1, -0.05) is 5.16 Å². The fourth-order valence-electron chi connectivity index (χ4n) is 2.23. The summed E-state index contributed by atoms with van der Waals surface area (Å²) in [5.41, 5.74) is 0.123. The van der Waals surface area contributed by atoms with Gasteiger partial charge in [0.15, 0.2) is 11.5 Å². The molecule has 2 aromatic heterocycles. The van der Waals surface area contributed by atoms with Crippen LogP contribution in [0.15, 0.2) is 45.1 Å². The van der Waals surface area contributed by atoms with Crippen LogP contribution >= 0.6 is 11.3 Å². The molecule has 0 atom stereocenters. The molecule has 2 heterocycles. The molecule has 28 heavy (non-hydrogen) atoms. The van der Waals surface area contributed by atoms with Crippen molar-refractivity contribution in [2.45, 2.75) is 10.4 Å². The number of anilines is 1. The van der Waals surface area contributed by atoms with Gasteiger partial charge >= 0.3 is 6.18 Å². The van der Waals surface area contributed by atoms with Crippen LogP contribution in [-0.2, 0) is 16.2 Å². The molecule has 0 fully saturated rings. The second kappa shape index (κ2) is 7.36. The predicted octanol–water partition coefficient (Wildman–Crippen LogP) is 4.24. The van der Waals surface area contributed by atoms with Crippen LogP contribution in [0.5, 0.6) is 11.5 Å². The first-order valence-electron chi connectivity index (χ1n) is 7.53. The molecule has 0 unspecified atom stereocenters. The summed E-state index contributed by atoms with van der Waals surface area (Å²) in [6.45, 7) is 0. The summed E-state index contributed by atoms with van der Waals surface area (Å²) in [6.07, 6.45) is -4.67. The van der Waals surface area contributed by atoms with Crippen molar-refractivity contribution >= 4 is 27.0 Å². The molecule has 0 aliphatic carbocycles. The number of halogens is 3. The van der Waals surface area contributed by atoms with E-state index in [1.54, 1.807) is 0 Å². The van der Waals surface area contributed by atoms with Crippen LogP contribution in [0, 0.1) is 0 Å². The number of nitrogens with zero attached hydrogens (tertiary/aromatic N) is 1. The van der Waals surface area contributed by atoms with E-state index in [1.165, 1.54) is 44.6 Å². The van der Waals surface area contributed by atoms with Crippen LogP contribution in [0.3, 0.4) is 0 Å². The maximum atomic E-state index is 12.6. The Balaban J connectivity index is 1.85. The number of hydrogen-bond donors (Lipinski definition) is 1. The number of alkyl halides is 3. The van der Waals surface area contributed by atoms with Crippen molar-refractivity contribution in [1.82, 2.24) is 5.16 Å². The van der Waals surface area contributed by atoms with Crippen LogP contribution in [0.1, 0.15) is 5.76 Å². The first-order valence-corrected chi connectivity index (χ1v) is 9.83. The molecule has 7 nitrogen and oxygen atoms in total. The zero-order valence-electron chi connectivity index (χ0n) is 14.4. The highest BCUT2D eigenvalue weighted by atomic mass is 32.2. The fourth-order valence-corrected chi connectivity index (χ4v) is 4.54. The number of aromatic nitrogens is 1. The molecular weight excluding hydrogens is 421 g/mol. The van der Waals surface area contributed by atoms with Crippen molar-refractivity contribution in [2.75, 3.05) is 18.9 Å². The zero-order valence-corrected chi connectivity index (χ0v) is 16.0. The SMILES string of the molecule is COc1ccc(NS(=O)(=O)c2ccc(-c3cc(C(F)(F)F)on3)s2)cc1OC. The van der Waals surface area contributed by atoms with E-state index < -0.39 is 22.0 Å². The highest BCUT2D eigenvalue weighted by molar-refractivity contribution is 7.94. The molecule has 0 aliphatic rings. The second-order valence-corrected chi connectivity index (χ2v) is 8.36. The molecule has 1 aromatic carbocycles. The van der Waals surface area contributed by atoms with Gasteiger partial charge in [0.2, 0.25) is 5.76 Å². The lowest BCUT2D eigenvalue weighted by molar-refractivity contribution is -0.155. The van der Waals surface area contributed by atoms with E-state index >= 15 is 0 Å². The van der Waals surface area contributed by atoms with Crippen molar-refractivity contribution in [2.24, 2.45) is 0 Å². The first kappa shape index (κ1) is 20.0. The molecule has 1 N–H and O–H groups in total. The third kappa shape index (κ3) is 4.07. The van der Waals surface area contributed by atoms with E-state index in [4.69, 9.17) is 9.47 Å². The molecule has 0 spiro atoms. The Morgan fingerprint density at radius 2 is 1.79 bits per heavy atom. The molecule has 0 saturated heterocycles. The molecule has 0 radical (unpaired) electrons. The normalized spacial score (nSPS) is 12.0. The quantitative estimate of drug-likeness (QED) is 0.624. The Morgan fingerprint density at radius 3 is 2.39 bits per heavy atom. The predicted molar refractivity (Wildman–Crippen MR) is 95.2 cm³/mol. The summed E-state index contributed by atoms with van der Waals surface area (Å²) in [6, 6.07) is 7.80. The van der Waals surface area contributed by atoms with Gasteiger partial charge in [0, 0.05) is 12.1 Å². The number of methoxy groups -OCH3 is 2. The molecule has 3 rings (SSSR count). The second-order valence-electron chi connectivity index (χ2n) is 5.37. The number of nitrogens with one attached hydrogen (secondary N) is 1. The van der Waals surface area contributed by atoms with Gasteiger partial charge < -0.3 is 14.0 Å². The lowest BCUT2D eigenvalue weighted by atomic mass is 10.3. The summed E-state index contributed by atoms with van der Waals surface area (Å²) < 4.78 is 79.7. The molecule has 150 valence electrons. The van der Waals surface area contributed by atoms with Gasteiger partial charge in [0.1, 0.15) is 9.90 Å². The maximum Gasteiger partial charge on any atom is 0.452 e. The van der Waals surface area contributed by atoms with E-state index in [0.717, 1.165) is 11.3 Å². The molecular formula is C16H13F3N2O5S2. The van der Waals surface area contributed by atoms with Gasteiger partial charge in [-0.25, -0.2) is 8.42 Å². The number of ether oxygens (including phenoxy) is 2. The van der Waals surface area contributed by atoms with Crippen LogP contribution in [0.2, 0.25) is 0 Å². The molecule has 0 aliphatic heterocycles. The minimum Gasteiger partial charge on any atom is -0.493 e. The summed E-state index contributed by atoms with van der Waals surface area (Å²) in [5, 5.41) is 3.34. The van der Waals surface area contributed by atoms with Crippen molar-refractivity contribution in [3.63, 3.8) is 0 Å². The molecule has 12 heteroatoms. The molecule has 0 saturated carbocycles. The van der Waals surface area contributed by atoms with Crippen LogP contribution in [-0.4, -0.2) is 27.8 Å². The number of hydrogen-bond acceptors (Lipinski definition) is 7. The van der Waals surface area contributed by atoms with Crippen molar-refractivity contribution in [1.29, 1.82) is 0 Å². The summed E-state index contributed by atoms with van der Waals surface area (Å²) in [7, 11) is -1.12. The van der Waals surface area contributed by atoms with Crippen LogP contribution in [0.4, 0.5) is 18.9 Å². The Labute approximate surface area is 161 Å². The molecule has 3 aromatic rings. The van der Waals surface area contributed by atoms with E-state index in [0.29, 0.717) is 17.6 Å². The number of benzene rings is 1. The first-order chi connectivity index (χ1) is 13.1. The number of rotatable bonds is 6. The minimum atomic E-state index is -4.67. The Morgan fingerprint density at radius 1 is 1.07 bits per heavy atom. The maximum absolute atomic E-state index is 12.6. The highest BCUT2D eigenvalue weighted by Gasteiger charge is 2.36.